The van der Waals surface area contributed by atoms with E-state index in [1.54, 1.807) is 38.3 Å². The van der Waals surface area contributed by atoms with E-state index in [-0.39, 0.29) is 12.5 Å². The number of carbonyl (C=O) groups is 2. The molecule has 2 aromatic rings. The predicted octanol–water partition coefficient (Wildman–Crippen LogP) is 2.63. The van der Waals surface area contributed by atoms with E-state index >= 15 is 0 Å². The first kappa shape index (κ1) is 26.2. The summed E-state index contributed by atoms with van der Waals surface area (Å²) in [6.07, 6.45) is 1.45. The molecule has 9 heteroatoms. The first-order chi connectivity index (χ1) is 15.5. The highest BCUT2D eigenvalue weighted by atomic mass is 32.2. The topological polar surface area (TPSA) is 96.0 Å². The Morgan fingerprint density at radius 2 is 1.82 bits per heavy atom. The molecule has 0 unspecified atom stereocenters. The maximum Gasteiger partial charge on any atom is 0.244 e. The molecule has 0 aliphatic heterocycles. The molecule has 0 bridgehead atoms. The van der Waals surface area contributed by atoms with Gasteiger partial charge in [0, 0.05) is 13.6 Å². The van der Waals surface area contributed by atoms with E-state index in [4.69, 9.17) is 4.74 Å². The van der Waals surface area contributed by atoms with Crippen molar-refractivity contribution in [3.8, 4) is 5.75 Å². The minimum atomic E-state index is -3.76. The number of nitrogens with one attached hydrogen (secondary N) is 1. The lowest BCUT2D eigenvalue weighted by Crippen LogP contribution is -2.51. The molecule has 0 aromatic heterocycles. The van der Waals surface area contributed by atoms with Gasteiger partial charge < -0.3 is 15.0 Å². The Kier molecular flexibility index (Phi) is 8.87. The number of carbonyl (C=O) groups excluding carboxylic acids is 2. The van der Waals surface area contributed by atoms with Gasteiger partial charge in [0.25, 0.3) is 0 Å². The van der Waals surface area contributed by atoms with Crippen LogP contribution < -0.4 is 14.4 Å². The van der Waals surface area contributed by atoms with E-state index in [2.05, 4.69) is 5.32 Å². The Morgan fingerprint density at radius 3 is 2.39 bits per heavy atom. The second kappa shape index (κ2) is 11.2. The van der Waals surface area contributed by atoms with Crippen molar-refractivity contribution in [2.45, 2.75) is 39.8 Å². The van der Waals surface area contributed by atoms with E-state index in [1.165, 1.54) is 11.9 Å². The molecule has 1 N–H and O–H groups in total. The number of benzene rings is 2. The standard InChI is InChI=1S/C24H33N3O5S/c1-7-21(24(29)25-4)26(15-19-9-8-10-20(14-19)32-5)23(28)16-27(33(6,30)31)22-13-17(2)11-12-18(22)3/h8-14,21H,7,15-16H2,1-6H3,(H,25,29)/t21-/m0/s1. The lowest BCUT2D eigenvalue weighted by molar-refractivity contribution is -0.140. The fourth-order valence-corrected chi connectivity index (χ4v) is 4.54. The Bertz CT molecular complexity index is 1100. The van der Waals surface area contributed by atoms with Gasteiger partial charge in [0.1, 0.15) is 18.3 Å². The van der Waals surface area contributed by atoms with Crippen LogP contribution in [0.4, 0.5) is 5.69 Å². The minimum absolute atomic E-state index is 0.131. The molecule has 180 valence electrons. The van der Waals surface area contributed by atoms with E-state index < -0.39 is 28.5 Å². The second-order valence-electron chi connectivity index (χ2n) is 7.97. The van der Waals surface area contributed by atoms with Gasteiger partial charge >= 0.3 is 0 Å². The zero-order valence-electron chi connectivity index (χ0n) is 20.1. The zero-order chi connectivity index (χ0) is 24.8. The number of sulfonamides is 1. The first-order valence-corrected chi connectivity index (χ1v) is 12.6. The molecule has 0 spiro atoms. The molecule has 2 amide bonds. The zero-order valence-corrected chi connectivity index (χ0v) is 20.9. The molecule has 0 saturated carbocycles. The van der Waals surface area contributed by atoms with Crippen molar-refractivity contribution < 1.29 is 22.7 Å². The molecule has 0 fully saturated rings. The van der Waals surface area contributed by atoms with Crippen molar-refractivity contribution in [3.63, 3.8) is 0 Å². The summed E-state index contributed by atoms with van der Waals surface area (Å²) in [7, 11) is -0.699. The third-order valence-electron chi connectivity index (χ3n) is 5.43. The van der Waals surface area contributed by atoms with Gasteiger partial charge in [-0.25, -0.2) is 8.42 Å². The number of anilines is 1. The smallest absolute Gasteiger partial charge is 0.244 e. The number of hydrogen-bond acceptors (Lipinski definition) is 5. The molecule has 2 rings (SSSR count). The molecular formula is C24H33N3O5S. The lowest BCUT2D eigenvalue weighted by atomic mass is 10.1. The van der Waals surface area contributed by atoms with Crippen molar-refractivity contribution in [3.05, 3.63) is 59.2 Å². The largest absolute Gasteiger partial charge is 0.497 e. The first-order valence-electron chi connectivity index (χ1n) is 10.7. The van der Waals surface area contributed by atoms with Crippen molar-refractivity contribution in [1.29, 1.82) is 0 Å². The highest BCUT2D eigenvalue weighted by Gasteiger charge is 2.31. The van der Waals surface area contributed by atoms with Crippen LogP contribution in [0, 0.1) is 13.8 Å². The molecule has 8 nitrogen and oxygen atoms in total. The number of amides is 2. The van der Waals surface area contributed by atoms with Gasteiger partial charge in [-0.3, -0.25) is 13.9 Å². The van der Waals surface area contributed by atoms with E-state index in [9.17, 15) is 18.0 Å². The molecule has 0 aliphatic rings. The van der Waals surface area contributed by atoms with E-state index in [0.29, 0.717) is 17.9 Å². The Hall–Kier alpha value is -3.07. The Morgan fingerprint density at radius 1 is 1.12 bits per heavy atom. The van der Waals surface area contributed by atoms with Gasteiger partial charge in [0.15, 0.2) is 0 Å². The molecule has 2 aromatic carbocycles. The number of rotatable bonds is 10. The fraction of sp³-hybridized carbons (Fsp3) is 0.417. The van der Waals surface area contributed by atoms with Crippen molar-refractivity contribution >= 4 is 27.5 Å². The molecule has 33 heavy (non-hydrogen) atoms. The molecule has 0 radical (unpaired) electrons. The SMILES string of the molecule is CC[C@@H](C(=O)NC)N(Cc1cccc(OC)c1)C(=O)CN(c1cc(C)ccc1C)S(C)(=O)=O. The van der Waals surface area contributed by atoms with E-state index in [1.807, 2.05) is 32.0 Å². The second-order valence-corrected chi connectivity index (χ2v) is 9.88. The maximum absolute atomic E-state index is 13.6. The molecule has 0 aliphatic carbocycles. The van der Waals surface area contributed by atoms with Crippen LogP contribution in [0.1, 0.15) is 30.0 Å². The van der Waals surface area contributed by atoms with Gasteiger partial charge in [-0.1, -0.05) is 31.2 Å². The van der Waals surface area contributed by atoms with Crippen molar-refractivity contribution in [2.75, 3.05) is 31.3 Å². The molecule has 0 heterocycles. The summed E-state index contributed by atoms with van der Waals surface area (Å²) < 4.78 is 31.7. The monoisotopic (exact) mass is 475 g/mol. The van der Waals surface area contributed by atoms with Gasteiger partial charge in [-0.05, 0) is 55.2 Å². The quantitative estimate of drug-likeness (QED) is 0.570. The molecule has 0 saturated heterocycles. The number of methoxy groups -OCH3 is 1. The van der Waals surface area contributed by atoms with Crippen LogP contribution in [-0.2, 0) is 26.2 Å². The highest BCUT2D eigenvalue weighted by molar-refractivity contribution is 7.92. The van der Waals surface area contributed by atoms with Crippen LogP contribution in [0.3, 0.4) is 0 Å². The number of aryl methyl sites for hydroxylation is 2. The summed E-state index contributed by atoms with van der Waals surface area (Å²) in [4.78, 5) is 27.6. The summed E-state index contributed by atoms with van der Waals surface area (Å²) in [6, 6.07) is 11.9. The number of nitrogens with zero attached hydrogens (tertiary/aromatic N) is 2. The predicted molar refractivity (Wildman–Crippen MR) is 130 cm³/mol. The van der Waals surface area contributed by atoms with Crippen LogP contribution >= 0.6 is 0 Å². The number of hydrogen-bond donors (Lipinski definition) is 1. The third-order valence-corrected chi connectivity index (χ3v) is 6.56. The Balaban J connectivity index is 2.48. The minimum Gasteiger partial charge on any atom is -0.497 e. The normalized spacial score (nSPS) is 12.1. The van der Waals surface area contributed by atoms with Crippen molar-refractivity contribution in [2.24, 2.45) is 0 Å². The van der Waals surface area contributed by atoms with Gasteiger partial charge in [-0.15, -0.1) is 0 Å². The van der Waals surface area contributed by atoms with Crippen molar-refractivity contribution in [1.82, 2.24) is 10.2 Å². The maximum atomic E-state index is 13.6. The van der Waals surface area contributed by atoms with E-state index in [0.717, 1.165) is 27.3 Å². The average molecular weight is 476 g/mol. The number of ether oxygens (including phenoxy) is 1. The molecule has 1 atom stereocenters. The Labute approximate surface area is 196 Å². The van der Waals surface area contributed by atoms with Gasteiger partial charge in [0.2, 0.25) is 21.8 Å². The summed E-state index contributed by atoms with van der Waals surface area (Å²) in [5.41, 5.74) is 2.82. The summed E-state index contributed by atoms with van der Waals surface area (Å²) in [5.74, 6) is -0.160. The van der Waals surface area contributed by atoms with Gasteiger partial charge in [0.05, 0.1) is 19.1 Å². The number of likely N-dealkylation sites (N-methyl/N-ethyl adjacent to an activating group) is 1. The van der Waals surface area contributed by atoms with Crippen LogP contribution in [0.5, 0.6) is 5.75 Å². The lowest BCUT2D eigenvalue weighted by Gasteiger charge is -2.33. The summed E-state index contributed by atoms with van der Waals surface area (Å²) in [6.45, 7) is 5.18. The van der Waals surface area contributed by atoms with Crippen LogP contribution in [0.25, 0.3) is 0 Å². The average Bonchev–Trinajstić information content (AvgIpc) is 2.78. The summed E-state index contributed by atoms with van der Waals surface area (Å²) in [5, 5.41) is 2.60. The third kappa shape index (κ3) is 6.71. The molecular weight excluding hydrogens is 442 g/mol. The fourth-order valence-electron chi connectivity index (χ4n) is 3.64. The summed E-state index contributed by atoms with van der Waals surface area (Å²) >= 11 is 0. The van der Waals surface area contributed by atoms with Crippen LogP contribution in [-0.4, -0.2) is 58.1 Å². The van der Waals surface area contributed by atoms with Gasteiger partial charge in [-0.2, -0.15) is 0 Å². The van der Waals surface area contributed by atoms with Crippen LogP contribution in [0.15, 0.2) is 42.5 Å². The highest BCUT2D eigenvalue weighted by Crippen LogP contribution is 2.25. The van der Waals surface area contributed by atoms with Crippen LogP contribution in [0.2, 0.25) is 0 Å².